The van der Waals surface area contributed by atoms with Gasteiger partial charge in [0.05, 0.1) is 23.1 Å². The quantitative estimate of drug-likeness (QED) is 0.651. The van der Waals surface area contributed by atoms with Crippen LogP contribution in [0.25, 0.3) is 11.0 Å². The molecular weight excluding hydrogens is 354 g/mol. The number of hydrogen-bond acceptors (Lipinski definition) is 5. The van der Waals surface area contributed by atoms with Gasteiger partial charge in [0, 0.05) is 11.9 Å². The number of amides is 2. The molecule has 0 saturated carbocycles. The molecule has 0 saturated heterocycles. The van der Waals surface area contributed by atoms with Crippen molar-refractivity contribution < 1.29 is 9.59 Å². The van der Waals surface area contributed by atoms with Crippen LogP contribution in [0.1, 0.15) is 19.0 Å². The number of aryl methyl sites for hydroxylation is 1. The largest absolute Gasteiger partial charge is 0.369 e. The predicted molar refractivity (Wildman–Crippen MR) is 100 cm³/mol. The number of nitrogens with zero attached hydrogens (tertiary/aromatic N) is 3. The highest BCUT2D eigenvalue weighted by Gasteiger charge is 2.16. The van der Waals surface area contributed by atoms with E-state index in [-0.39, 0.29) is 24.6 Å². The minimum Gasteiger partial charge on any atom is -0.369 e. The van der Waals surface area contributed by atoms with Gasteiger partial charge in [0.15, 0.2) is 5.13 Å². The monoisotopic (exact) mass is 373 g/mol. The maximum Gasteiger partial charge on any atom is 0.329 e. The van der Waals surface area contributed by atoms with E-state index in [4.69, 9.17) is 5.73 Å². The average Bonchev–Trinajstić information content (AvgIpc) is 3.12. The van der Waals surface area contributed by atoms with Crippen molar-refractivity contribution in [3.63, 3.8) is 0 Å². The highest BCUT2D eigenvalue weighted by atomic mass is 32.1. The first-order valence-corrected chi connectivity index (χ1v) is 9.08. The number of anilines is 1. The van der Waals surface area contributed by atoms with Gasteiger partial charge in [-0.15, -0.1) is 11.3 Å². The van der Waals surface area contributed by atoms with E-state index in [1.807, 2.05) is 31.2 Å². The number of imidazole rings is 1. The van der Waals surface area contributed by atoms with E-state index in [2.05, 4.69) is 10.3 Å². The van der Waals surface area contributed by atoms with E-state index in [0.717, 1.165) is 17.5 Å². The third-order valence-electron chi connectivity index (χ3n) is 3.83. The third kappa shape index (κ3) is 3.67. The Bertz CT molecular complexity index is 1020. The first kappa shape index (κ1) is 17.9. The second-order valence-electron chi connectivity index (χ2n) is 5.84. The number of hydrogen-bond donors (Lipinski definition) is 2. The molecule has 0 spiro atoms. The van der Waals surface area contributed by atoms with E-state index >= 15 is 0 Å². The van der Waals surface area contributed by atoms with Crippen LogP contribution in [0.5, 0.6) is 0 Å². The lowest BCUT2D eigenvalue weighted by Crippen LogP contribution is -2.29. The molecule has 26 heavy (non-hydrogen) atoms. The van der Waals surface area contributed by atoms with E-state index in [9.17, 15) is 14.4 Å². The fourth-order valence-electron chi connectivity index (χ4n) is 2.79. The van der Waals surface area contributed by atoms with Gasteiger partial charge in [-0.2, -0.15) is 0 Å². The Hall–Kier alpha value is -2.94. The molecule has 8 nitrogen and oxygen atoms in total. The molecule has 2 aromatic heterocycles. The second kappa shape index (κ2) is 7.52. The molecule has 2 heterocycles. The zero-order valence-electron chi connectivity index (χ0n) is 14.3. The van der Waals surface area contributed by atoms with Crippen LogP contribution in [0.2, 0.25) is 0 Å². The molecule has 3 N–H and O–H groups in total. The van der Waals surface area contributed by atoms with Gasteiger partial charge in [0.2, 0.25) is 11.8 Å². The zero-order chi connectivity index (χ0) is 18.7. The lowest BCUT2D eigenvalue weighted by molar-refractivity contribution is -0.117. The number of para-hydroxylation sites is 2. The number of aromatic nitrogens is 3. The highest BCUT2D eigenvalue weighted by Crippen LogP contribution is 2.17. The van der Waals surface area contributed by atoms with Crippen molar-refractivity contribution >= 4 is 39.3 Å². The molecular formula is C17H19N5O3S. The molecule has 136 valence electrons. The molecule has 0 fully saturated rings. The molecule has 3 aromatic rings. The van der Waals surface area contributed by atoms with Gasteiger partial charge < -0.3 is 11.1 Å². The van der Waals surface area contributed by atoms with Crippen molar-refractivity contribution in [1.82, 2.24) is 14.1 Å². The van der Waals surface area contributed by atoms with Crippen LogP contribution in [0, 0.1) is 0 Å². The number of nitrogens with one attached hydrogen (secondary N) is 1. The molecule has 2 amide bonds. The second-order valence-corrected chi connectivity index (χ2v) is 6.70. The number of primary amides is 1. The van der Waals surface area contributed by atoms with Gasteiger partial charge in [0.25, 0.3) is 0 Å². The fourth-order valence-corrected chi connectivity index (χ4v) is 3.52. The van der Waals surface area contributed by atoms with Gasteiger partial charge in [0.1, 0.15) is 6.54 Å². The average molecular weight is 373 g/mol. The number of fused-ring (bicyclic) bond motifs is 1. The van der Waals surface area contributed by atoms with E-state index in [0.29, 0.717) is 17.4 Å². The summed E-state index contributed by atoms with van der Waals surface area (Å²) < 4.78 is 3.13. The molecule has 0 atom stereocenters. The van der Waals surface area contributed by atoms with Crippen molar-refractivity contribution in [1.29, 1.82) is 0 Å². The van der Waals surface area contributed by atoms with Gasteiger partial charge >= 0.3 is 5.69 Å². The maximum absolute atomic E-state index is 12.7. The summed E-state index contributed by atoms with van der Waals surface area (Å²) in [4.78, 5) is 40.1. The number of thiazole rings is 1. The fraction of sp³-hybridized carbons (Fsp3) is 0.294. The molecule has 1 aromatic carbocycles. The Morgan fingerprint density at radius 3 is 2.58 bits per heavy atom. The molecule has 0 unspecified atom stereocenters. The van der Waals surface area contributed by atoms with Gasteiger partial charge in [-0.05, 0) is 18.6 Å². The molecule has 0 aliphatic carbocycles. The van der Waals surface area contributed by atoms with Crippen molar-refractivity contribution in [2.24, 2.45) is 5.73 Å². The van der Waals surface area contributed by atoms with Gasteiger partial charge in [-0.25, -0.2) is 9.78 Å². The molecule has 0 bridgehead atoms. The van der Waals surface area contributed by atoms with Crippen LogP contribution in [-0.4, -0.2) is 25.9 Å². The maximum atomic E-state index is 12.7. The molecule has 0 radical (unpaired) electrons. The van der Waals surface area contributed by atoms with Crippen LogP contribution in [0.4, 0.5) is 5.13 Å². The van der Waals surface area contributed by atoms with Crippen molar-refractivity contribution in [3.8, 4) is 0 Å². The Morgan fingerprint density at radius 1 is 1.23 bits per heavy atom. The Labute approximate surface area is 153 Å². The summed E-state index contributed by atoms with van der Waals surface area (Å²) in [6.45, 7) is 2.48. The summed E-state index contributed by atoms with van der Waals surface area (Å²) >= 11 is 1.21. The standard InChI is InChI=1S/C17H19N5O3S/c1-2-7-21-12-5-3-4-6-13(12)22(17(21)25)9-15(24)20-16-19-11(10-26-16)8-14(18)23/h3-6,10H,2,7-9H2,1H3,(H2,18,23)(H,19,20,24). The Kier molecular flexibility index (Phi) is 5.17. The van der Waals surface area contributed by atoms with Crippen molar-refractivity contribution in [3.05, 3.63) is 45.8 Å². The van der Waals surface area contributed by atoms with Crippen LogP contribution >= 0.6 is 11.3 Å². The number of carbonyl (C=O) groups excluding carboxylic acids is 2. The zero-order valence-corrected chi connectivity index (χ0v) is 15.1. The molecule has 0 aliphatic rings. The summed E-state index contributed by atoms with van der Waals surface area (Å²) in [7, 11) is 0. The Balaban J connectivity index is 1.81. The van der Waals surface area contributed by atoms with Crippen molar-refractivity contribution in [2.45, 2.75) is 32.9 Å². The van der Waals surface area contributed by atoms with Crippen LogP contribution < -0.4 is 16.7 Å². The van der Waals surface area contributed by atoms with Crippen LogP contribution in [0.15, 0.2) is 34.4 Å². The highest BCUT2D eigenvalue weighted by molar-refractivity contribution is 7.13. The van der Waals surface area contributed by atoms with Crippen LogP contribution in [-0.2, 0) is 29.1 Å². The smallest absolute Gasteiger partial charge is 0.329 e. The van der Waals surface area contributed by atoms with Gasteiger partial charge in [-0.1, -0.05) is 19.1 Å². The number of benzene rings is 1. The normalized spacial score (nSPS) is 11.0. The number of rotatable bonds is 7. The van der Waals surface area contributed by atoms with E-state index in [1.54, 1.807) is 9.95 Å². The predicted octanol–water partition coefficient (Wildman–Crippen LogP) is 1.34. The summed E-state index contributed by atoms with van der Waals surface area (Å²) in [5, 5.41) is 4.70. The van der Waals surface area contributed by atoms with Crippen LogP contribution in [0.3, 0.4) is 0 Å². The number of nitrogens with two attached hydrogens (primary N) is 1. The lowest BCUT2D eigenvalue weighted by Gasteiger charge is -2.03. The van der Waals surface area contributed by atoms with Gasteiger partial charge in [-0.3, -0.25) is 18.7 Å². The third-order valence-corrected chi connectivity index (χ3v) is 4.63. The van der Waals surface area contributed by atoms with E-state index < -0.39 is 5.91 Å². The molecule has 0 aliphatic heterocycles. The lowest BCUT2D eigenvalue weighted by atomic mass is 10.3. The topological polar surface area (TPSA) is 112 Å². The molecule has 3 rings (SSSR count). The SMILES string of the molecule is CCCn1c(=O)n(CC(=O)Nc2nc(CC(N)=O)cs2)c2ccccc21. The minimum absolute atomic E-state index is 0.0241. The summed E-state index contributed by atoms with van der Waals surface area (Å²) in [5.74, 6) is -0.838. The molecule has 9 heteroatoms. The first-order valence-electron chi connectivity index (χ1n) is 8.20. The first-order chi connectivity index (χ1) is 12.5. The summed E-state index contributed by atoms with van der Waals surface area (Å²) in [5.41, 5.74) is 6.96. The minimum atomic E-state index is -0.483. The van der Waals surface area contributed by atoms with E-state index in [1.165, 1.54) is 15.9 Å². The van der Waals surface area contributed by atoms with Crippen molar-refractivity contribution in [2.75, 3.05) is 5.32 Å². The summed E-state index contributed by atoms with van der Waals surface area (Å²) in [6, 6.07) is 7.40. The summed E-state index contributed by atoms with van der Waals surface area (Å²) in [6.07, 6.45) is 0.845. The Morgan fingerprint density at radius 2 is 1.92 bits per heavy atom. The number of carbonyl (C=O) groups is 2.